The van der Waals surface area contributed by atoms with Crippen molar-refractivity contribution in [3.05, 3.63) is 69.2 Å². The first-order chi connectivity index (χ1) is 20.1. The zero-order chi connectivity index (χ0) is 31.7. The number of likely N-dealkylation sites (N-methyl/N-ethyl adjacent to an activating group) is 1. The second-order valence-corrected chi connectivity index (χ2v) is 16.1. The lowest BCUT2D eigenvalue weighted by molar-refractivity contribution is -0.134. The Morgan fingerprint density at radius 2 is 1.70 bits per heavy atom. The van der Waals surface area contributed by atoms with E-state index in [9.17, 15) is 18.9 Å². The zero-order valence-electron chi connectivity index (χ0n) is 26.2. The van der Waals surface area contributed by atoms with Crippen molar-refractivity contribution in [2.75, 3.05) is 39.8 Å². The summed E-state index contributed by atoms with van der Waals surface area (Å²) < 4.78 is 13.1. The summed E-state index contributed by atoms with van der Waals surface area (Å²) in [4.78, 5) is 31.4. The van der Waals surface area contributed by atoms with E-state index in [-0.39, 0.29) is 23.1 Å². The number of fused-ring (bicyclic) bond motifs is 2. The van der Waals surface area contributed by atoms with Gasteiger partial charge in [0.15, 0.2) is 0 Å². The van der Waals surface area contributed by atoms with Crippen molar-refractivity contribution in [1.82, 2.24) is 14.7 Å². The summed E-state index contributed by atoms with van der Waals surface area (Å²) in [6.07, 6.45) is 1.20. The number of rotatable bonds is 9. The monoisotopic (exact) mass is 649 g/mol. The van der Waals surface area contributed by atoms with Crippen LogP contribution in [-0.2, 0) is 31.5 Å². The first-order valence-corrected chi connectivity index (χ1v) is 17.1. The lowest BCUT2D eigenvalue weighted by Gasteiger charge is -2.46. The second kappa shape index (κ2) is 13.1. The van der Waals surface area contributed by atoms with E-state index in [1.54, 1.807) is 18.0 Å². The minimum absolute atomic E-state index is 0.00985. The molecule has 1 N–H and O–H groups in total. The number of hydrogen-bond acceptors (Lipinski definition) is 4. The predicted molar refractivity (Wildman–Crippen MR) is 175 cm³/mol. The van der Waals surface area contributed by atoms with Crippen LogP contribution in [0.25, 0.3) is 0 Å². The molecule has 0 saturated carbocycles. The number of halogens is 2. The molecule has 0 aliphatic carbocycles. The summed E-state index contributed by atoms with van der Waals surface area (Å²) in [5, 5.41) is 11.2. The van der Waals surface area contributed by atoms with Gasteiger partial charge in [-0.05, 0) is 88.5 Å². The molecule has 2 aromatic rings. The number of benzene rings is 2. The highest BCUT2D eigenvalue weighted by Gasteiger charge is 2.47. The van der Waals surface area contributed by atoms with E-state index in [4.69, 9.17) is 23.2 Å². The molecule has 0 bridgehead atoms. The SMILES string of the molecule is CC(C)C(=O)N(C)CC(CCN1CCC2(CC1)c1ccccc1C[S@]2=O)(CN(C(=O)O)C(C)(C)C)c1ccc(Cl)c(Cl)c1. The Morgan fingerprint density at radius 3 is 2.28 bits per heavy atom. The van der Waals surface area contributed by atoms with E-state index in [1.165, 1.54) is 16.0 Å². The van der Waals surface area contributed by atoms with Crippen molar-refractivity contribution in [2.24, 2.45) is 5.92 Å². The third-order valence-corrected chi connectivity index (χ3v) is 12.1. The number of carbonyl (C=O) groups excluding carboxylic acids is 1. The molecule has 2 heterocycles. The summed E-state index contributed by atoms with van der Waals surface area (Å²) in [5.74, 6) is 0.400. The van der Waals surface area contributed by atoms with Crippen molar-refractivity contribution in [1.29, 1.82) is 0 Å². The molecule has 4 rings (SSSR count). The Balaban J connectivity index is 1.67. The van der Waals surface area contributed by atoms with Gasteiger partial charge < -0.3 is 19.8 Å². The Kier molecular flexibility index (Phi) is 10.3. The number of nitrogens with zero attached hydrogens (tertiary/aromatic N) is 3. The second-order valence-electron chi connectivity index (χ2n) is 13.5. The number of piperidine rings is 1. The van der Waals surface area contributed by atoms with Crippen LogP contribution in [-0.4, -0.2) is 81.3 Å². The van der Waals surface area contributed by atoms with Crippen LogP contribution < -0.4 is 0 Å². The highest BCUT2D eigenvalue weighted by Crippen LogP contribution is 2.47. The van der Waals surface area contributed by atoms with Crippen LogP contribution in [0.1, 0.15) is 70.6 Å². The van der Waals surface area contributed by atoms with Gasteiger partial charge in [-0.3, -0.25) is 9.00 Å². The van der Waals surface area contributed by atoms with Crippen molar-refractivity contribution >= 4 is 46.0 Å². The van der Waals surface area contributed by atoms with Crippen LogP contribution in [0.3, 0.4) is 0 Å². The van der Waals surface area contributed by atoms with Crippen LogP contribution in [0, 0.1) is 5.92 Å². The molecule has 2 aliphatic heterocycles. The first-order valence-electron chi connectivity index (χ1n) is 15.0. The van der Waals surface area contributed by atoms with Crippen LogP contribution >= 0.6 is 23.2 Å². The molecule has 1 spiro atoms. The fourth-order valence-corrected chi connectivity index (χ4v) is 8.92. The van der Waals surface area contributed by atoms with Gasteiger partial charge in [0.05, 0.1) is 14.8 Å². The molecule has 10 heteroatoms. The Morgan fingerprint density at radius 1 is 1.05 bits per heavy atom. The van der Waals surface area contributed by atoms with Crippen LogP contribution in [0.2, 0.25) is 10.0 Å². The highest BCUT2D eigenvalue weighted by molar-refractivity contribution is 7.85. The maximum atomic E-state index is 13.4. The molecule has 2 atom stereocenters. The predicted octanol–water partition coefficient (Wildman–Crippen LogP) is 6.77. The smallest absolute Gasteiger partial charge is 0.407 e. The molecule has 2 amide bonds. The number of hydrogen-bond donors (Lipinski definition) is 1. The van der Waals surface area contributed by atoms with Gasteiger partial charge in [0, 0.05) is 53.6 Å². The van der Waals surface area contributed by atoms with Gasteiger partial charge in [-0.1, -0.05) is 67.4 Å². The largest absolute Gasteiger partial charge is 0.465 e. The van der Waals surface area contributed by atoms with Crippen molar-refractivity contribution in [3.63, 3.8) is 0 Å². The molecule has 236 valence electrons. The third-order valence-electron chi connectivity index (χ3n) is 9.24. The lowest BCUT2D eigenvalue weighted by Crippen LogP contribution is -2.56. The molecule has 1 saturated heterocycles. The normalized spacial score (nSPS) is 19.7. The summed E-state index contributed by atoms with van der Waals surface area (Å²) in [6, 6.07) is 13.8. The molecule has 7 nitrogen and oxygen atoms in total. The highest BCUT2D eigenvalue weighted by atomic mass is 35.5. The Labute approximate surface area is 269 Å². The Hall–Kier alpha value is -2.13. The third kappa shape index (κ3) is 7.08. The van der Waals surface area contributed by atoms with Gasteiger partial charge in [0.2, 0.25) is 5.91 Å². The number of amides is 2. The Bertz CT molecular complexity index is 1370. The van der Waals surface area contributed by atoms with E-state index >= 15 is 0 Å². The van der Waals surface area contributed by atoms with E-state index in [1.807, 2.05) is 58.9 Å². The van der Waals surface area contributed by atoms with E-state index in [0.29, 0.717) is 35.3 Å². The van der Waals surface area contributed by atoms with Crippen LogP contribution in [0.5, 0.6) is 0 Å². The molecular weight excluding hydrogens is 605 g/mol. The summed E-state index contributed by atoms with van der Waals surface area (Å²) >= 11 is 12.9. The number of carboxylic acid groups (broad SMARTS) is 1. The summed E-state index contributed by atoms with van der Waals surface area (Å²) in [7, 11) is 0.840. The standard InChI is InChI=1S/C33H45Cl2N3O4S/c1-23(2)29(39)36(6)21-32(22-38(30(40)41)31(3,4)5,25-11-12-27(34)28(35)19-25)13-16-37-17-14-33(15-18-37)26-10-8-7-9-24(26)20-43(33)42/h7-12,19,23H,13-18,20-22H2,1-6H3,(H,40,41)/t32?,43-/m1/s1. The minimum atomic E-state index is -1.02. The fraction of sp³-hybridized carbons (Fsp3) is 0.576. The molecule has 2 aromatic carbocycles. The zero-order valence-corrected chi connectivity index (χ0v) is 28.5. The quantitative estimate of drug-likeness (QED) is 0.324. The summed E-state index contributed by atoms with van der Waals surface area (Å²) in [5.41, 5.74) is 1.83. The average Bonchev–Trinajstić information content (AvgIpc) is 3.21. The van der Waals surface area contributed by atoms with Gasteiger partial charge in [-0.15, -0.1) is 0 Å². The first kappa shape index (κ1) is 33.8. The average molecular weight is 651 g/mol. The maximum absolute atomic E-state index is 13.4. The summed E-state index contributed by atoms with van der Waals surface area (Å²) in [6.45, 7) is 12.1. The van der Waals surface area contributed by atoms with Crippen LogP contribution in [0.4, 0.5) is 4.79 Å². The topological polar surface area (TPSA) is 81.2 Å². The van der Waals surface area contributed by atoms with E-state index in [2.05, 4.69) is 17.0 Å². The molecule has 2 aliphatic rings. The van der Waals surface area contributed by atoms with Gasteiger partial charge in [-0.2, -0.15) is 0 Å². The number of likely N-dealkylation sites (tertiary alicyclic amines) is 1. The molecule has 0 aromatic heterocycles. The van der Waals surface area contributed by atoms with Crippen molar-refractivity contribution in [3.8, 4) is 0 Å². The minimum Gasteiger partial charge on any atom is -0.465 e. The van der Waals surface area contributed by atoms with Crippen molar-refractivity contribution in [2.45, 2.75) is 75.3 Å². The molecule has 43 heavy (non-hydrogen) atoms. The van der Waals surface area contributed by atoms with Gasteiger partial charge in [0.1, 0.15) is 0 Å². The molecular formula is C33H45Cl2N3O4S. The molecule has 1 fully saturated rings. The molecule has 0 radical (unpaired) electrons. The number of carbonyl (C=O) groups is 2. The van der Waals surface area contributed by atoms with Gasteiger partial charge in [0.25, 0.3) is 0 Å². The van der Waals surface area contributed by atoms with E-state index in [0.717, 1.165) is 31.5 Å². The van der Waals surface area contributed by atoms with E-state index < -0.39 is 27.8 Å². The van der Waals surface area contributed by atoms with Crippen LogP contribution in [0.15, 0.2) is 42.5 Å². The molecule has 1 unspecified atom stereocenters. The van der Waals surface area contributed by atoms with Gasteiger partial charge >= 0.3 is 6.09 Å². The van der Waals surface area contributed by atoms with Gasteiger partial charge in [-0.25, -0.2) is 4.79 Å². The lowest BCUT2D eigenvalue weighted by atomic mass is 9.75. The fourth-order valence-electron chi connectivity index (χ4n) is 6.73. The maximum Gasteiger partial charge on any atom is 0.407 e. The van der Waals surface area contributed by atoms with Crippen molar-refractivity contribution < 1.29 is 18.9 Å².